The number of aryl methyl sites for hydroxylation is 1. The highest BCUT2D eigenvalue weighted by Crippen LogP contribution is 2.25. The highest BCUT2D eigenvalue weighted by molar-refractivity contribution is 9.10. The number of hydrogen-bond acceptors (Lipinski definition) is 4. The Kier molecular flexibility index (Phi) is 4.25. The Balaban J connectivity index is 2.17. The van der Waals surface area contributed by atoms with Gasteiger partial charge in [-0.2, -0.15) is 0 Å². The van der Waals surface area contributed by atoms with Crippen LogP contribution in [0.1, 0.15) is 29.1 Å². The van der Waals surface area contributed by atoms with Crippen LogP contribution in [0.25, 0.3) is 0 Å². The van der Waals surface area contributed by atoms with Crippen LogP contribution in [0.3, 0.4) is 0 Å². The molecule has 1 atom stereocenters. The Morgan fingerprint density at radius 2 is 2.18 bits per heavy atom. The zero-order valence-corrected chi connectivity index (χ0v) is 12.0. The first kappa shape index (κ1) is 12.7. The van der Waals surface area contributed by atoms with E-state index in [9.17, 15) is 0 Å². The fourth-order valence-corrected chi connectivity index (χ4v) is 2.92. The highest BCUT2D eigenvalue weighted by Gasteiger charge is 2.15. The molecule has 5 heteroatoms. The van der Waals surface area contributed by atoms with Crippen molar-refractivity contribution in [1.82, 2.24) is 9.59 Å². The third-order valence-electron chi connectivity index (χ3n) is 2.65. The lowest BCUT2D eigenvalue weighted by Crippen LogP contribution is -2.14. The van der Waals surface area contributed by atoms with Crippen molar-refractivity contribution in [2.45, 2.75) is 25.8 Å². The van der Waals surface area contributed by atoms with Crippen molar-refractivity contribution in [3.63, 3.8) is 0 Å². The predicted molar refractivity (Wildman–Crippen MR) is 74.1 cm³/mol. The molecule has 0 radical (unpaired) electrons. The molecule has 17 heavy (non-hydrogen) atoms. The molecule has 0 saturated carbocycles. The molecule has 1 aromatic carbocycles. The van der Waals surface area contributed by atoms with Gasteiger partial charge in [0.25, 0.3) is 0 Å². The van der Waals surface area contributed by atoms with Crippen molar-refractivity contribution in [3.05, 3.63) is 44.9 Å². The summed E-state index contributed by atoms with van der Waals surface area (Å²) >= 11 is 4.95. The molecule has 1 unspecified atom stereocenters. The minimum Gasteiger partial charge on any atom is -0.323 e. The predicted octanol–water partition coefficient (Wildman–Crippen LogP) is 3.11. The third kappa shape index (κ3) is 2.91. The second kappa shape index (κ2) is 5.71. The lowest BCUT2D eigenvalue weighted by atomic mass is 10.0. The van der Waals surface area contributed by atoms with E-state index in [4.69, 9.17) is 5.73 Å². The summed E-state index contributed by atoms with van der Waals surface area (Å²) in [6, 6.07) is 8.13. The zero-order chi connectivity index (χ0) is 12.3. The van der Waals surface area contributed by atoms with Gasteiger partial charge >= 0.3 is 0 Å². The average molecular weight is 312 g/mol. The van der Waals surface area contributed by atoms with Gasteiger partial charge in [-0.25, -0.2) is 0 Å². The minimum absolute atomic E-state index is 0.0244. The van der Waals surface area contributed by atoms with Crippen LogP contribution in [0.4, 0.5) is 0 Å². The zero-order valence-electron chi connectivity index (χ0n) is 9.56. The van der Waals surface area contributed by atoms with Crippen LogP contribution in [0.2, 0.25) is 0 Å². The number of halogens is 1. The second-order valence-electron chi connectivity index (χ2n) is 3.84. The lowest BCUT2D eigenvalue weighted by molar-refractivity contribution is 0.720. The van der Waals surface area contributed by atoms with Gasteiger partial charge < -0.3 is 5.73 Å². The summed E-state index contributed by atoms with van der Waals surface area (Å²) in [6.45, 7) is 2.07. The molecule has 2 aromatic rings. The van der Waals surface area contributed by atoms with E-state index in [1.165, 1.54) is 17.1 Å². The number of nitrogens with two attached hydrogens (primary N) is 1. The van der Waals surface area contributed by atoms with Gasteiger partial charge in [0.05, 0.1) is 10.6 Å². The molecule has 0 bridgehead atoms. The lowest BCUT2D eigenvalue weighted by Gasteiger charge is -2.11. The van der Waals surface area contributed by atoms with E-state index in [-0.39, 0.29) is 6.04 Å². The number of nitrogens with zero attached hydrogens (tertiary/aromatic N) is 2. The molecule has 0 aliphatic rings. The molecule has 2 rings (SSSR count). The van der Waals surface area contributed by atoms with Crippen molar-refractivity contribution in [2.24, 2.45) is 5.73 Å². The Morgan fingerprint density at radius 1 is 1.41 bits per heavy atom. The summed E-state index contributed by atoms with van der Waals surface area (Å²) in [5, 5.41) is 4.10. The molecular weight excluding hydrogens is 298 g/mol. The molecule has 3 nitrogen and oxygen atoms in total. The molecule has 0 amide bonds. The van der Waals surface area contributed by atoms with E-state index in [1.54, 1.807) is 0 Å². The summed E-state index contributed by atoms with van der Waals surface area (Å²) in [7, 11) is 0. The third-order valence-corrected chi connectivity index (χ3v) is 4.33. The summed E-state index contributed by atoms with van der Waals surface area (Å²) in [4.78, 5) is 1.10. The second-order valence-corrected chi connectivity index (χ2v) is 5.48. The maximum Gasteiger partial charge on any atom is 0.0801 e. The summed E-state index contributed by atoms with van der Waals surface area (Å²) < 4.78 is 5.08. The maximum atomic E-state index is 6.23. The molecule has 90 valence electrons. The van der Waals surface area contributed by atoms with Crippen molar-refractivity contribution >= 4 is 27.5 Å². The van der Waals surface area contributed by atoms with Crippen LogP contribution in [-0.4, -0.2) is 9.59 Å². The van der Waals surface area contributed by atoms with Gasteiger partial charge in [-0.05, 0) is 36.0 Å². The standard InChI is InChI=1S/C12H14BrN3S/c1-2-11-12(17-16-15-11)10(14)7-8-5-3-4-6-9(8)13/h3-6,10H,2,7,14H2,1H3. The smallest absolute Gasteiger partial charge is 0.0801 e. The van der Waals surface area contributed by atoms with Crippen molar-refractivity contribution in [1.29, 1.82) is 0 Å². The van der Waals surface area contributed by atoms with E-state index in [0.29, 0.717) is 0 Å². The van der Waals surface area contributed by atoms with Crippen LogP contribution < -0.4 is 5.73 Å². The van der Waals surface area contributed by atoms with Crippen LogP contribution >= 0.6 is 27.5 Å². The highest BCUT2D eigenvalue weighted by atomic mass is 79.9. The number of rotatable bonds is 4. The molecule has 0 aliphatic carbocycles. The van der Waals surface area contributed by atoms with Gasteiger partial charge in [0.2, 0.25) is 0 Å². The van der Waals surface area contributed by atoms with E-state index in [1.807, 2.05) is 18.2 Å². The monoisotopic (exact) mass is 311 g/mol. The summed E-state index contributed by atoms with van der Waals surface area (Å²) in [6.07, 6.45) is 1.69. The first-order valence-electron chi connectivity index (χ1n) is 5.52. The molecule has 1 heterocycles. The first-order chi connectivity index (χ1) is 8.22. The normalized spacial score (nSPS) is 12.6. The molecule has 2 N–H and O–H groups in total. The minimum atomic E-state index is -0.0244. The van der Waals surface area contributed by atoms with Gasteiger partial charge in [-0.1, -0.05) is 45.5 Å². The van der Waals surface area contributed by atoms with E-state index in [0.717, 1.165) is 27.9 Å². The van der Waals surface area contributed by atoms with Crippen LogP contribution in [0.15, 0.2) is 28.7 Å². The van der Waals surface area contributed by atoms with Crippen LogP contribution in [-0.2, 0) is 12.8 Å². The Morgan fingerprint density at radius 3 is 2.88 bits per heavy atom. The van der Waals surface area contributed by atoms with Crippen molar-refractivity contribution in [3.8, 4) is 0 Å². The number of hydrogen-bond donors (Lipinski definition) is 1. The SMILES string of the molecule is CCc1nnsc1C(N)Cc1ccccc1Br. The van der Waals surface area contributed by atoms with E-state index in [2.05, 4.69) is 38.5 Å². The van der Waals surface area contributed by atoms with Gasteiger partial charge in [0.1, 0.15) is 0 Å². The molecule has 0 aliphatic heterocycles. The number of benzene rings is 1. The van der Waals surface area contributed by atoms with Gasteiger partial charge in [-0.3, -0.25) is 0 Å². The average Bonchev–Trinajstić information content (AvgIpc) is 2.80. The van der Waals surface area contributed by atoms with E-state index >= 15 is 0 Å². The topological polar surface area (TPSA) is 51.8 Å². The molecule has 0 spiro atoms. The molecule has 0 saturated heterocycles. The van der Waals surface area contributed by atoms with Gasteiger partial charge in [0.15, 0.2) is 0 Å². The Bertz CT molecular complexity index is 498. The Labute approximate surface area is 113 Å². The van der Waals surface area contributed by atoms with Crippen LogP contribution in [0, 0.1) is 0 Å². The molecular formula is C12H14BrN3S. The van der Waals surface area contributed by atoms with Gasteiger partial charge in [-0.15, -0.1) is 5.10 Å². The molecule has 1 aromatic heterocycles. The van der Waals surface area contributed by atoms with E-state index < -0.39 is 0 Å². The first-order valence-corrected chi connectivity index (χ1v) is 7.09. The quantitative estimate of drug-likeness (QED) is 0.944. The van der Waals surface area contributed by atoms with Crippen molar-refractivity contribution in [2.75, 3.05) is 0 Å². The summed E-state index contributed by atoms with van der Waals surface area (Å²) in [5.74, 6) is 0. The Hall–Kier alpha value is -0.780. The number of aromatic nitrogens is 2. The van der Waals surface area contributed by atoms with Gasteiger partial charge in [0, 0.05) is 10.5 Å². The maximum absolute atomic E-state index is 6.23. The summed E-state index contributed by atoms with van der Waals surface area (Å²) in [5.41, 5.74) is 8.47. The molecule has 0 fully saturated rings. The van der Waals surface area contributed by atoms with Crippen molar-refractivity contribution < 1.29 is 0 Å². The fraction of sp³-hybridized carbons (Fsp3) is 0.333. The van der Waals surface area contributed by atoms with Crippen LogP contribution in [0.5, 0.6) is 0 Å². The largest absolute Gasteiger partial charge is 0.323 e. The fourth-order valence-electron chi connectivity index (χ4n) is 1.74.